The highest BCUT2D eigenvalue weighted by molar-refractivity contribution is 7.85. The van der Waals surface area contributed by atoms with E-state index in [2.05, 4.69) is 4.98 Å². The molecule has 0 aliphatic rings. The van der Waals surface area contributed by atoms with Crippen LogP contribution < -0.4 is 0 Å². The van der Waals surface area contributed by atoms with Gasteiger partial charge in [-0.2, -0.15) is 8.42 Å². The summed E-state index contributed by atoms with van der Waals surface area (Å²) in [5.74, 6) is 0. The van der Waals surface area contributed by atoms with Crippen molar-refractivity contribution < 1.29 is 13.0 Å². The van der Waals surface area contributed by atoms with Crippen molar-refractivity contribution in [1.29, 1.82) is 0 Å². The van der Waals surface area contributed by atoms with Crippen LogP contribution in [0, 0.1) is 0 Å². The molecular weight excluding hydrogens is 298 g/mol. The smallest absolute Gasteiger partial charge is 0.282 e. The molecule has 0 unspecified atom stereocenters. The van der Waals surface area contributed by atoms with Crippen LogP contribution >= 0.6 is 0 Å². The molecule has 0 atom stereocenters. The van der Waals surface area contributed by atoms with Crippen LogP contribution in [0.2, 0.25) is 0 Å². The molecule has 0 spiro atoms. The molecular formula is C17H13NO3S. The summed E-state index contributed by atoms with van der Waals surface area (Å²) < 4.78 is 31.9. The van der Waals surface area contributed by atoms with Crippen molar-refractivity contribution >= 4 is 33.2 Å². The molecule has 110 valence electrons. The third kappa shape index (κ3) is 3.05. The van der Waals surface area contributed by atoms with Crippen LogP contribution in [-0.4, -0.2) is 18.0 Å². The summed E-state index contributed by atoms with van der Waals surface area (Å²) in [6.45, 7) is 0. The van der Waals surface area contributed by atoms with Crippen molar-refractivity contribution in [2.45, 2.75) is 4.90 Å². The largest absolute Gasteiger partial charge is 0.295 e. The molecule has 0 aliphatic heterocycles. The second kappa shape index (κ2) is 5.71. The topological polar surface area (TPSA) is 67.3 Å². The molecule has 1 N–H and O–H groups in total. The maximum atomic E-state index is 11.3. The summed E-state index contributed by atoms with van der Waals surface area (Å²) >= 11 is 0. The highest BCUT2D eigenvalue weighted by Gasteiger charge is 2.12. The molecule has 0 aliphatic carbocycles. The molecule has 1 aromatic heterocycles. The molecule has 0 radical (unpaired) electrons. The quantitative estimate of drug-likeness (QED) is 0.750. The summed E-state index contributed by atoms with van der Waals surface area (Å²) in [4.78, 5) is 4.36. The fourth-order valence-corrected chi connectivity index (χ4v) is 2.89. The Morgan fingerprint density at radius 2 is 1.59 bits per heavy atom. The third-order valence-electron chi connectivity index (χ3n) is 3.25. The maximum Gasteiger partial charge on any atom is 0.295 e. The van der Waals surface area contributed by atoms with Crippen LogP contribution in [0.15, 0.2) is 65.6 Å². The third-order valence-corrected chi connectivity index (χ3v) is 4.18. The molecule has 2 aromatic carbocycles. The molecule has 5 heteroatoms. The molecule has 1 heterocycles. The lowest BCUT2D eigenvalue weighted by Gasteiger charge is -2.02. The number of para-hydroxylation sites is 1. The number of rotatable bonds is 3. The SMILES string of the molecule is O=S(=O)(O)c1ccccc1/C=C/c1ccc2ccccc2n1. The van der Waals surface area contributed by atoms with Gasteiger partial charge in [0.15, 0.2) is 0 Å². The number of nitrogens with zero attached hydrogens (tertiary/aromatic N) is 1. The van der Waals surface area contributed by atoms with Gasteiger partial charge in [-0.1, -0.05) is 48.5 Å². The van der Waals surface area contributed by atoms with E-state index < -0.39 is 10.1 Å². The van der Waals surface area contributed by atoms with E-state index >= 15 is 0 Å². The molecule has 0 saturated heterocycles. The van der Waals surface area contributed by atoms with Gasteiger partial charge in [0.05, 0.1) is 11.2 Å². The Labute approximate surface area is 128 Å². The molecule has 0 fully saturated rings. The number of hydrogen-bond donors (Lipinski definition) is 1. The predicted octanol–water partition coefficient (Wildman–Crippen LogP) is 3.65. The van der Waals surface area contributed by atoms with E-state index in [1.54, 1.807) is 30.4 Å². The Morgan fingerprint density at radius 1 is 0.864 bits per heavy atom. The van der Waals surface area contributed by atoms with Gasteiger partial charge in [0.25, 0.3) is 10.1 Å². The highest BCUT2D eigenvalue weighted by atomic mass is 32.2. The fraction of sp³-hybridized carbons (Fsp3) is 0. The summed E-state index contributed by atoms with van der Waals surface area (Å²) in [5.41, 5.74) is 2.00. The second-order valence-corrected chi connectivity index (χ2v) is 6.17. The van der Waals surface area contributed by atoms with E-state index in [4.69, 9.17) is 0 Å². The van der Waals surface area contributed by atoms with Crippen LogP contribution in [0.5, 0.6) is 0 Å². The van der Waals surface area contributed by atoms with Crippen molar-refractivity contribution in [1.82, 2.24) is 4.98 Å². The molecule has 0 amide bonds. The minimum Gasteiger partial charge on any atom is -0.282 e. The van der Waals surface area contributed by atoms with Crippen LogP contribution in [-0.2, 0) is 10.1 Å². The summed E-state index contributed by atoms with van der Waals surface area (Å²) in [5, 5.41) is 1.04. The van der Waals surface area contributed by atoms with Crippen molar-refractivity contribution in [2.75, 3.05) is 0 Å². The van der Waals surface area contributed by atoms with Crippen LogP contribution in [0.25, 0.3) is 23.1 Å². The van der Waals surface area contributed by atoms with Gasteiger partial charge in [0.2, 0.25) is 0 Å². The van der Waals surface area contributed by atoms with Crippen LogP contribution in [0.3, 0.4) is 0 Å². The zero-order valence-corrected chi connectivity index (χ0v) is 12.4. The van der Waals surface area contributed by atoms with E-state index in [0.29, 0.717) is 11.3 Å². The second-order valence-electron chi connectivity index (χ2n) is 4.78. The standard InChI is InChI=1S/C17H13NO3S/c19-22(20,21)17-8-4-2-6-14(17)10-12-15-11-9-13-5-1-3-7-16(13)18-15/h1-12H,(H,19,20,21)/b12-10+. The summed E-state index contributed by atoms with van der Waals surface area (Å²) in [6.07, 6.45) is 3.34. The van der Waals surface area contributed by atoms with Crippen molar-refractivity contribution in [3.63, 3.8) is 0 Å². The van der Waals surface area contributed by atoms with Crippen molar-refractivity contribution in [3.05, 3.63) is 71.9 Å². The molecule has 4 nitrogen and oxygen atoms in total. The molecule has 3 rings (SSSR count). The van der Waals surface area contributed by atoms with Crippen LogP contribution in [0.1, 0.15) is 11.3 Å². The predicted molar refractivity (Wildman–Crippen MR) is 86.9 cm³/mol. The van der Waals surface area contributed by atoms with Gasteiger partial charge in [0, 0.05) is 5.39 Å². The first kappa shape index (κ1) is 14.4. The minimum absolute atomic E-state index is 0.118. The average molecular weight is 311 g/mol. The normalized spacial score (nSPS) is 12.0. The number of hydrogen-bond acceptors (Lipinski definition) is 3. The lowest BCUT2D eigenvalue weighted by Crippen LogP contribution is -2.00. The lowest BCUT2D eigenvalue weighted by molar-refractivity contribution is 0.483. The molecule has 3 aromatic rings. The summed E-state index contributed by atoms with van der Waals surface area (Å²) in [6, 6.07) is 17.8. The first-order chi connectivity index (χ1) is 10.5. The number of fused-ring (bicyclic) bond motifs is 1. The Bertz CT molecular complexity index is 962. The highest BCUT2D eigenvalue weighted by Crippen LogP contribution is 2.18. The Kier molecular flexibility index (Phi) is 3.75. The average Bonchev–Trinajstić information content (AvgIpc) is 2.52. The van der Waals surface area contributed by atoms with Gasteiger partial charge >= 0.3 is 0 Å². The Balaban J connectivity index is 2.00. The van der Waals surface area contributed by atoms with E-state index in [-0.39, 0.29) is 4.90 Å². The van der Waals surface area contributed by atoms with E-state index in [0.717, 1.165) is 10.9 Å². The van der Waals surface area contributed by atoms with E-state index in [1.807, 2.05) is 36.4 Å². The van der Waals surface area contributed by atoms with Gasteiger partial charge in [-0.25, -0.2) is 4.98 Å². The monoisotopic (exact) mass is 311 g/mol. The number of pyridine rings is 1. The minimum atomic E-state index is -4.24. The Morgan fingerprint density at radius 3 is 2.41 bits per heavy atom. The maximum absolute atomic E-state index is 11.3. The number of aromatic nitrogens is 1. The molecule has 0 saturated carbocycles. The van der Waals surface area contributed by atoms with Gasteiger partial charge in [-0.3, -0.25) is 4.55 Å². The first-order valence-corrected chi connectivity index (χ1v) is 8.08. The first-order valence-electron chi connectivity index (χ1n) is 6.64. The van der Waals surface area contributed by atoms with Crippen molar-refractivity contribution in [3.8, 4) is 0 Å². The van der Waals surface area contributed by atoms with Gasteiger partial charge < -0.3 is 0 Å². The van der Waals surface area contributed by atoms with Gasteiger partial charge in [-0.15, -0.1) is 0 Å². The number of benzene rings is 2. The van der Waals surface area contributed by atoms with Gasteiger partial charge in [0.1, 0.15) is 4.90 Å². The van der Waals surface area contributed by atoms with E-state index in [9.17, 15) is 13.0 Å². The molecule has 0 bridgehead atoms. The summed E-state index contributed by atoms with van der Waals surface area (Å²) in [7, 11) is -4.24. The van der Waals surface area contributed by atoms with E-state index in [1.165, 1.54) is 6.07 Å². The lowest BCUT2D eigenvalue weighted by atomic mass is 10.1. The van der Waals surface area contributed by atoms with Crippen molar-refractivity contribution in [2.24, 2.45) is 0 Å². The fourth-order valence-electron chi connectivity index (χ4n) is 2.20. The Hall–Kier alpha value is -2.50. The zero-order chi connectivity index (χ0) is 15.6. The zero-order valence-electron chi connectivity index (χ0n) is 11.5. The van der Waals surface area contributed by atoms with Crippen LogP contribution in [0.4, 0.5) is 0 Å². The molecule has 22 heavy (non-hydrogen) atoms. The van der Waals surface area contributed by atoms with Gasteiger partial charge in [-0.05, 0) is 29.8 Å².